The van der Waals surface area contributed by atoms with Gasteiger partial charge < -0.3 is 15.0 Å². The van der Waals surface area contributed by atoms with Crippen LogP contribution in [0.1, 0.15) is 25.0 Å². The number of nitrogens with one attached hydrogen (secondary N) is 1. The maximum atomic E-state index is 13.8. The fourth-order valence-electron chi connectivity index (χ4n) is 4.02. The van der Waals surface area contributed by atoms with Crippen LogP contribution < -0.4 is 14.4 Å². The van der Waals surface area contributed by atoms with Gasteiger partial charge in [-0.15, -0.1) is 0 Å². The molecule has 1 N–H and O–H groups in total. The summed E-state index contributed by atoms with van der Waals surface area (Å²) in [5, 5.41) is 2.58. The van der Waals surface area contributed by atoms with Crippen LogP contribution in [0.25, 0.3) is 0 Å². The van der Waals surface area contributed by atoms with E-state index < -0.39 is 28.5 Å². The molecule has 0 fully saturated rings. The molecule has 2 amide bonds. The molecule has 9 heteroatoms. The largest absolute Gasteiger partial charge is 0.494 e. The first-order valence-electron chi connectivity index (χ1n) is 12.5. The van der Waals surface area contributed by atoms with Crippen molar-refractivity contribution in [1.29, 1.82) is 0 Å². The van der Waals surface area contributed by atoms with E-state index in [0.29, 0.717) is 24.5 Å². The van der Waals surface area contributed by atoms with Crippen molar-refractivity contribution < 1.29 is 22.7 Å². The molecule has 0 aliphatic carbocycles. The summed E-state index contributed by atoms with van der Waals surface area (Å²) in [5.74, 6) is -0.259. The number of likely N-dealkylation sites (N-methyl/N-ethyl adjacent to an activating group) is 1. The van der Waals surface area contributed by atoms with Gasteiger partial charge in [0.1, 0.15) is 18.3 Å². The number of ether oxygens (including phenoxy) is 1. The Morgan fingerprint density at radius 2 is 1.58 bits per heavy atom. The van der Waals surface area contributed by atoms with E-state index >= 15 is 0 Å². The number of benzene rings is 3. The van der Waals surface area contributed by atoms with Crippen molar-refractivity contribution >= 4 is 27.5 Å². The zero-order valence-electron chi connectivity index (χ0n) is 22.3. The SMILES string of the molecule is CCOc1ccc(S(=O)(=O)N(CC(=O)N(CCc2ccccc2)[C@@H](C)C(=O)NC)c2ccc(C)cc2)cc1. The Labute approximate surface area is 225 Å². The molecule has 0 heterocycles. The van der Waals surface area contributed by atoms with E-state index in [1.54, 1.807) is 43.3 Å². The quantitative estimate of drug-likeness (QED) is 0.379. The zero-order valence-corrected chi connectivity index (χ0v) is 23.1. The van der Waals surface area contributed by atoms with Crippen LogP contribution in [-0.4, -0.2) is 57.9 Å². The second-order valence-corrected chi connectivity index (χ2v) is 10.7. The van der Waals surface area contributed by atoms with E-state index in [9.17, 15) is 18.0 Å². The molecule has 0 bridgehead atoms. The molecule has 0 spiro atoms. The average molecular weight is 538 g/mol. The summed E-state index contributed by atoms with van der Waals surface area (Å²) in [6.07, 6.45) is 0.518. The third-order valence-electron chi connectivity index (χ3n) is 6.22. The maximum absolute atomic E-state index is 13.8. The number of aryl methyl sites for hydroxylation is 1. The lowest BCUT2D eigenvalue weighted by Gasteiger charge is -2.31. The number of amides is 2. The fourth-order valence-corrected chi connectivity index (χ4v) is 5.43. The van der Waals surface area contributed by atoms with E-state index in [0.717, 1.165) is 15.4 Å². The first kappa shape index (κ1) is 28.7. The Balaban J connectivity index is 1.96. The molecule has 0 aliphatic rings. The van der Waals surface area contributed by atoms with Crippen molar-refractivity contribution in [3.05, 3.63) is 90.0 Å². The Bertz CT molecular complexity index is 1310. The topological polar surface area (TPSA) is 96.0 Å². The summed E-state index contributed by atoms with van der Waals surface area (Å²) in [5.41, 5.74) is 2.32. The number of hydrogen-bond acceptors (Lipinski definition) is 5. The number of carbonyl (C=O) groups is 2. The van der Waals surface area contributed by atoms with Gasteiger partial charge in [0.05, 0.1) is 17.2 Å². The molecule has 0 aliphatic heterocycles. The molecule has 3 aromatic rings. The molecular formula is C29H35N3O5S. The predicted molar refractivity (Wildman–Crippen MR) is 149 cm³/mol. The molecule has 0 unspecified atom stereocenters. The monoisotopic (exact) mass is 537 g/mol. The summed E-state index contributed by atoms with van der Waals surface area (Å²) >= 11 is 0. The van der Waals surface area contributed by atoms with Gasteiger partial charge in [-0.25, -0.2) is 8.42 Å². The van der Waals surface area contributed by atoms with Crippen LogP contribution in [-0.2, 0) is 26.0 Å². The Morgan fingerprint density at radius 1 is 0.947 bits per heavy atom. The molecule has 8 nitrogen and oxygen atoms in total. The van der Waals surface area contributed by atoms with Gasteiger partial charge in [-0.2, -0.15) is 0 Å². The minimum atomic E-state index is -4.12. The van der Waals surface area contributed by atoms with Crippen LogP contribution in [0.2, 0.25) is 0 Å². The summed E-state index contributed by atoms with van der Waals surface area (Å²) in [7, 11) is -2.61. The molecule has 0 saturated heterocycles. The van der Waals surface area contributed by atoms with Crippen molar-refractivity contribution in [3.8, 4) is 5.75 Å². The van der Waals surface area contributed by atoms with Gasteiger partial charge in [0.2, 0.25) is 11.8 Å². The highest BCUT2D eigenvalue weighted by Gasteiger charge is 2.32. The van der Waals surface area contributed by atoms with E-state index in [1.807, 2.05) is 44.2 Å². The number of nitrogens with zero attached hydrogens (tertiary/aromatic N) is 2. The highest BCUT2D eigenvalue weighted by Crippen LogP contribution is 2.26. The van der Waals surface area contributed by atoms with E-state index in [1.165, 1.54) is 24.1 Å². The predicted octanol–water partition coefficient (Wildman–Crippen LogP) is 3.79. The normalized spacial score (nSPS) is 11.9. The lowest BCUT2D eigenvalue weighted by molar-refractivity contribution is -0.138. The summed E-state index contributed by atoms with van der Waals surface area (Å²) in [6, 6.07) is 21.9. The molecule has 3 aromatic carbocycles. The van der Waals surface area contributed by atoms with Crippen molar-refractivity contribution in [2.45, 2.75) is 38.1 Å². The maximum Gasteiger partial charge on any atom is 0.264 e. The van der Waals surface area contributed by atoms with Crippen LogP contribution in [0, 0.1) is 6.92 Å². The van der Waals surface area contributed by atoms with Crippen LogP contribution in [0.4, 0.5) is 5.69 Å². The van der Waals surface area contributed by atoms with Gasteiger partial charge in [-0.3, -0.25) is 13.9 Å². The molecule has 0 saturated carbocycles. The van der Waals surface area contributed by atoms with Gasteiger partial charge in [-0.1, -0.05) is 48.0 Å². The standard InChI is InChI=1S/C29H35N3O5S/c1-5-37-26-15-17-27(18-16-26)38(35,36)32(25-13-11-22(2)12-14-25)21-28(33)31(23(3)29(34)30-4)20-19-24-9-7-6-8-10-24/h6-18,23H,5,19-21H2,1-4H3,(H,30,34)/t23-/m0/s1. The van der Waals surface area contributed by atoms with Gasteiger partial charge in [-0.05, 0) is 69.2 Å². The van der Waals surface area contributed by atoms with Gasteiger partial charge in [0, 0.05) is 13.6 Å². The van der Waals surface area contributed by atoms with Gasteiger partial charge >= 0.3 is 0 Å². The first-order valence-corrected chi connectivity index (χ1v) is 14.0. The van der Waals surface area contributed by atoms with E-state index in [-0.39, 0.29) is 17.3 Å². The number of rotatable bonds is 12. The smallest absolute Gasteiger partial charge is 0.264 e. The molecule has 3 rings (SSSR count). The lowest BCUT2D eigenvalue weighted by Crippen LogP contribution is -2.51. The van der Waals surface area contributed by atoms with Gasteiger partial charge in [0.25, 0.3) is 10.0 Å². The minimum Gasteiger partial charge on any atom is -0.494 e. The highest BCUT2D eigenvalue weighted by atomic mass is 32.2. The Morgan fingerprint density at radius 3 is 2.16 bits per heavy atom. The number of sulfonamides is 1. The molecule has 0 aromatic heterocycles. The van der Waals surface area contributed by atoms with Crippen LogP contribution in [0.5, 0.6) is 5.75 Å². The Kier molecular flexibility index (Phi) is 9.90. The minimum absolute atomic E-state index is 0.0320. The summed E-state index contributed by atoms with van der Waals surface area (Å²) in [6.45, 7) is 5.63. The number of anilines is 1. The Hall–Kier alpha value is -3.85. The third-order valence-corrected chi connectivity index (χ3v) is 8.01. The second-order valence-electron chi connectivity index (χ2n) is 8.86. The van der Waals surface area contributed by atoms with Crippen LogP contribution in [0.15, 0.2) is 83.8 Å². The average Bonchev–Trinajstić information content (AvgIpc) is 2.93. The van der Waals surface area contributed by atoms with E-state index in [2.05, 4.69) is 5.32 Å². The number of carbonyl (C=O) groups excluding carboxylic acids is 2. The molecule has 0 radical (unpaired) electrons. The first-order chi connectivity index (χ1) is 18.2. The molecule has 1 atom stereocenters. The molecule has 38 heavy (non-hydrogen) atoms. The third kappa shape index (κ3) is 7.13. The molecule has 202 valence electrons. The highest BCUT2D eigenvalue weighted by molar-refractivity contribution is 7.92. The fraction of sp³-hybridized carbons (Fsp3) is 0.310. The van der Waals surface area contributed by atoms with Crippen molar-refractivity contribution in [3.63, 3.8) is 0 Å². The van der Waals surface area contributed by atoms with Crippen LogP contribution >= 0.6 is 0 Å². The zero-order chi connectivity index (χ0) is 27.7. The van der Waals surface area contributed by atoms with Crippen LogP contribution in [0.3, 0.4) is 0 Å². The van der Waals surface area contributed by atoms with Crippen molar-refractivity contribution in [2.75, 3.05) is 31.0 Å². The molecular weight excluding hydrogens is 502 g/mol. The summed E-state index contributed by atoms with van der Waals surface area (Å²) < 4.78 is 34.2. The van der Waals surface area contributed by atoms with Crippen molar-refractivity contribution in [1.82, 2.24) is 10.2 Å². The second kappa shape index (κ2) is 13.1. The lowest BCUT2D eigenvalue weighted by atomic mass is 10.1. The van der Waals surface area contributed by atoms with Crippen molar-refractivity contribution in [2.24, 2.45) is 0 Å². The number of hydrogen-bond donors (Lipinski definition) is 1. The van der Waals surface area contributed by atoms with Gasteiger partial charge in [0.15, 0.2) is 0 Å². The van der Waals surface area contributed by atoms with E-state index in [4.69, 9.17) is 4.74 Å². The summed E-state index contributed by atoms with van der Waals surface area (Å²) in [4.78, 5) is 27.7.